The molecule has 1 aliphatic rings. The van der Waals surface area contributed by atoms with E-state index in [1.165, 1.54) is 0 Å². The van der Waals surface area contributed by atoms with E-state index in [4.69, 9.17) is 15.5 Å². The molecule has 3 nitrogen and oxygen atoms in total. The fraction of sp³-hybridized carbons (Fsp3) is 0.500. The third kappa shape index (κ3) is 1.94. The molecule has 5 heteroatoms. The first-order valence-corrected chi connectivity index (χ1v) is 6.55. The first kappa shape index (κ1) is 7.55. The monoisotopic (exact) mass is 258 g/mol. The quantitative estimate of drug-likeness (QED) is 0.376. The molecule has 0 bridgehead atoms. The summed E-state index contributed by atoms with van der Waals surface area (Å²) >= 11 is 1.62. The molecule has 1 saturated heterocycles. The SMILES string of the molecule is C#CC1COP(=O)(I)O1. The molecule has 1 aliphatic heterocycles. The van der Waals surface area contributed by atoms with Crippen molar-refractivity contribution in [3.63, 3.8) is 0 Å². The number of halogens is 1. The van der Waals surface area contributed by atoms with E-state index >= 15 is 0 Å². The third-order valence-corrected chi connectivity index (χ3v) is 3.30. The predicted octanol–water partition coefficient (Wildman–Crippen LogP) is 1.58. The molecule has 0 saturated carbocycles. The number of terminal acetylenes is 1. The van der Waals surface area contributed by atoms with Gasteiger partial charge in [0.15, 0.2) is 6.10 Å². The predicted molar refractivity (Wildman–Crippen MR) is 41.3 cm³/mol. The van der Waals surface area contributed by atoms with Crippen molar-refractivity contribution in [3.05, 3.63) is 0 Å². The fourth-order valence-corrected chi connectivity index (χ4v) is 2.55. The Morgan fingerprint density at radius 2 is 2.56 bits per heavy atom. The van der Waals surface area contributed by atoms with Crippen LogP contribution in [0.5, 0.6) is 0 Å². The Morgan fingerprint density at radius 1 is 1.89 bits per heavy atom. The molecule has 0 N–H and O–H groups in total. The van der Waals surface area contributed by atoms with Gasteiger partial charge >= 0.3 is 5.24 Å². The van der Waals surface area contributed by atoms with Gasteiger partial charge in [0.05, 0.1) is 28.6 Å². The van der Waals surface area contributed by atoms with Gasteiger partial charge < -0.3 is 0 Å². The molecule has 50 valence electrons. The van der Waals surface area contributed by atoms with Gasteiger partial charge in [-0.05, 0) is 0 Å². The Kier molecular flexibility index (Phi) is 2.17. The van der Waals surface area contributed by atoms with Gasteiger partial charge in [0, 0.05) is 0 Å². The summed E-state index contributed by atoms with van der Waals surface area (Å²) in [5.41, 5.74) is 0. The lowest BCUT2D eigenvalue weighted by Crippen LogP contribution is -2.03. The Morgan fingerprint density at radius 3 is 2.78 bits per heavy atom. The normalized spacial score (nSPS) is 42.4. The molecule has 2 atom stereocenters. The van der Waals surface area contributed by atoms with Gasteiger partial charge in [-0.3, -0.25) is 9.05 Å². The maximum Gasteiger partial charge on any atom is 0.390 e. The van der Waals surface area contributed by atoms with E-state index in [0.717, 1.165) is 0 Å². The second-order valence-corrected chi connectivity index (χ2v) is 6.36. The molecule has 1 rings (SSSR count). The van der Waals surface area contributed by atoms with Crippen molar-refractivity contribution in [2.24, 2.45) is 0 Å². The van der Waals surface area contributed by atoms with Gasteiger partial charge in [-0.25, -0.2) is 4.57 Å². The van der Waals surface area contributed by atoms with Gasteiger partial charge in [-0.2, -0.15) is 0 Å². The Labute approximate surface area is 66.1 Å². The van der Waals surface area contributed by atoms with Gasteiger partial charge in [0.1, 0.15) is 0 Å². The van der Waals surface area contributed by atoms with Crippen LogP contribution in [0.15, 0.2) is 0 Å². The molecule has 0 aromatic heterocycles. The smallest absolute Gasteiger partial charge is 0.298 e. The second kappa shape index (κ2) is 2.59. The summed E-state index contributed by atoms with van der Waals surface area (Å²) in [5, 5.41) is -2.79. The lowest BCUT2D eigenvalue weighted by atomic mass is 10.4. The molecule has 9 heavy (non-hydrogen) atoms. The number of hydrogen-bond acceptors (Lipinski definition) is 3. The molecular formula is C4H4IO3P. The van der Waals surface area contributed by atoms with E-state index < -0.39 is 11.3 Å². The maximum absolute atomic E-state index is 10.8. The van der Waals surface area contributed by atoms with Crippen LogP contribution in [0, 0.1) is 12.3 Å². The molecule has 0 radical (unpaired) electrons. The topological polar surface area (TPSA) is 35.5 Å². The number of rotatable bonds is 0. The van der Waals surface area contributed by atoms with Crippen LogP contribution in [0.2, 0.25) is 0 Å². The van der Waals surface area contributed by atoms with Gasteiger partial charge in [-0.1, -0.05) is 5.92 Å². The highest BCUT2D eigenvalue weighted by molar-refractivity contribution is 14.2. The van der Waals surface area contributed by atoms with E-state index in [1.54, 1.807) is 22.0 Å². The van der Waals surface area contributed by atoms with Crippen LogP contribution in [0.4, 0.5) is 0 Å². The Bertz CT molecular complexity index is 196. The average Bonchev–Trinajstić information content (AvgIpc) is 2.10. The van der Waals surface area contributed by atoms with E-state index in [0.29, 0.717) is 0 Å². The highest BCUT2D eigenvalue weighted by Gasteiger charge is 2.32. The third-order valence-electron chi connectivity index (χ3n) is 0.819. The molecule has 0 amide bonds. The van der Waals surface area contributed by atoms with Gasteiger partial charge in [-0.15, -0.1) is 6.42 Å². The van der Waals surface area contributed by atoms with Crippen molar-refractivity contribution in [3.8, 4) is 12.3 Å². The molecule has 0 aromatic rings. The van der Waals surface area contributed by atoms with Crippen LogP contribution < -0.4 is 0 Å². The van der Waals surface area contributed by atoms with E-state index in [2.05, 4.69) is 5.92 Å². The molecule has 0 aromatic carbocycles. The Balaban J connectivity index is 2.60. The van der Waals surface area contributed by atoms with E-state index in [9.17, 15) is 4.57 Å². The molecule has 1 heterocycles. The summed E-state index contributed by atoms with van der Waals surface area (Å²) in [4.78, 5) is 0. The van der Waals surface area contributed by atoms with Crippen molar-refractivity contribution >= 4 is 27.3 Å². The molecular weight excluding hydrogens is 254 g/mol. The Hall–Kier alpha value is 0.440. The summed E-state index contributed by atoms with van der Waals surface area (Å²) in [7, 11) is 0. The standard InChI is InChI=1S/C4H4IO3P/c1-2-4-3-7-9(5,6)8-4/h1,4H,3H2. The maximum atomic E-state index is 10.8. The van der Waals surface area contributed by atoms with Crippen molar-refractivity contribution in [1.29, 1.82) is 0 Å². The van der Waals surface area contributed by atoms with Crippen molar-refractivity contribution in [2.45, 2.75) is 6.10 Å². The van der Waals surface area contributed by atoms with E-state index in [1.807, 2.05) is 0 Å². The minimum Gasteiger partial charge on any atom is -0.298 e. The molecule has 1 fully saturated rings. The van der Waals surface area contributed by atoms with Gasteiger partial charge in [0.25, 0.3) is 0 Å². The lowest BCUT2D eigenvalue weighted by Gasteiger charge is -1.96. The zero-order valence-corrected chi connectivity index (χ0v) is 7.46. The summed E-state index contributed by atoms with van der Waals surface area (Å²) in [5.74, 6) is 2.30. The minimum atomic E-state index is -2.79. The van der Waals surface area contributed by atoms with Gasteiger partial charge in [0.2, 0.25) is 0 Å². The minimum absolute atomic E-state index is 0.247. The van der Waals surface area contributed by atoms with Crippen LogP contribution in [0.3, 0.4) is 0 Å². The molecule has 2 unspecified atom stereocenters. The first-order valence-electron chi connectivity index (χ1n) is 2.23. The summed E-state index contributed by atoms with van der Waals surface area (Å²) in [6.45, 7) is 0.247. The molecule has 0 aliphatic carbocycles. The van der Waals surface area contributed by atoms with Crippen LogP contribution in [0.1, 0.15) is 0 Å². The fourth-order valence-electron chi connectivity index (χ4n) is 0.448. The largest absolute Gasteiger partial charge is 0.390 e. The average molecular weight is 258 g/mol. The van der Waals surface area contributed by atoms with Crippen molar-refractivity contribution < 1.29 is 13.6 Å². The summed E-state index contributed by atoms with van der Waals surface area (Å²) in [6, 6.07) is 0. The summed E-state index contributed by atoms with van der Waals surface area (Å²) < 4.78 is 20.3. The highest BCUT2D eigenvalue weighted by Crippen LogP contribution is 2.61. The first-order chi connectivity index (χ1) is 4.14. The van der Waals surface area contributed by atoms with Crippen LogP contribution >= 0.6 is 27.3 Å². The molecule has 0 spiro atoms. The van der Waals surface area contributed by atoms with Crippen LogP contribution in [-0.4, -0.2) is 12.7 Å². The van der Waals surface area contributed by atoms with Crippen LogP contribution in [-0.2, 0) is 13.6 Å². The zero-order valence-electron chi connectivity index (χ0n) is 4.41. The van der Waals surface area contributed by atoms with Crippen molar-refractivity contribution in [1.82, 2.24) is 0 Å². The second-order valence-electron chi connectivity index (χ2n) is 1.49. The highest BCUT2D eigenvalue weighted by atomic mass is 127. The zero-order chi connectivity index (χ0) is 6.91. The van der Waals surface area contributed by atoms with Crippen LogP contribution in [0.25, 0.3) is 0 Å². The number of hydrogen-bond donors (Lipinski definition) is 0. The van der Waals surface area contributed by atoms with Crippen molar-refractivity contribution in [2.75, 3.05) is 6.61 Å². The lowest BCUT2D eigenvalue weighted by molar-refractivity contribution is 0.299. The van der Waals surface area contributed by atoms with E-state index in [-0.39, 0.29) is 6.61 Å². The summed E-state index contributed by atoms with van der Waals surface area (Å²) in [6.07, 6.45) is 4.55.